The van der Waals surface area contributed by atoms with Crippen LogP contribution in [0.1, 0.15) is 25.3 Å². The first-order chi connectivity index (χ1) is 15.7. The van der Waals surface area contributed by atoms with Crippen molar-refractivity contribution >= 4 is 15.8 Å². The molecule has 8 nitrogen and oxygen atoms in total. The van der Waals surface area contributed by atoms with Gasteiger partial charge in [-0.05, 0) is 36.2 Å². The van der Waals surface area contributed by atoms with Gasteiger partial charge in [-0.3, -0.25) is 9.36 Å². The van der Waals surface area contributed by atoms with Gasteiger partial charge < -0.3 is 9.64 Å². The van der Waals surface area contributed by atoms with Crippen molar-refractivity contribution in [1.29, 1.82) is 0 Å². The standard InChI is InChI=1S/C23H25FN4O4S/c1-3-16-14-25-23(26-15-16)27-9-6-18(7-10-27)32-19-8-11-28(22(29)13-19)17-4-5-21(20(24)12-17)33(2,30)31/h4-5,8,11-15,18H,3,6-7,9-10H2,1-2H3. The maximum Gasteiger partial charge on any atom is 0.258 e. The van der Waals surface area contributed by atoms with Gasteiger partial charge in [0.05, 0.1) is 5.69 Å². The Morgan fingerprint density at radius 3 is 2.39 bits per heavy atom. The Labute approximate surface area is 191 Å². The second-order valence-corrected chi connectivity index (χ2v) is 9.99. The molecular formula is C23H25FN4O4S. The van der Waals surface area contributed by atoms with Gasteiger partial charge in [0.1, 0.15) is 22.6 Å². The van der Waals surface area contributed by atoms with Crippen LogP contribution in [-0.4, -0.2) is 48.4 Å². The van der Waals surface area contributed by atoms with E-state index in [1.54, 1.807) is 6.07 Å². The highest BCUT2D eigenvalue weighted by Gasteiger charge is 2.22. The van der Waals surface area contributed by atoms with E-state index in [-0.39, 0.29) is 11.8 Å². The Morgan fingerprint density at radius 2 is 1.82 bits per heavy atom. The summed E-state index contributed by atoms with van der Waals surface area (Å²) in [6.07, 6.45) is 8.50. The number of benzene rings is 1. The van der Waals surface area contributed by atoms with Gasteiger partial charge >= 0.3 is 0 Å². The molecule has 1 aromatic carbocycles. The molecule has 0 radical (unpaired) electrons. The van der Waals surface area contributed by atoms with Crippen molar-refractivity contribution in [2.45, 2.75) is 37.2 Å². The molecule has 10 heteroatoms. The summed E-state index contributed by atoms with van der Waals surface area (Å²) in [5.41, 5.74) is 0.931. The number of ether oxygens (including phenoxy) is 1. The molecule has 3 heterocycles. The zero-order valence-electron chi connectivity index (χ0n) is 18.4. The van der Waals surface area contributed by atoms with E-state index >= 15 is 0 Å². The van der Waals surface area contributed by atoms with Crippen LogP contribution in [0.4, 0.5) is 10.3 Å². The molecule has 0 saturated carbocycles. The molecule has 0 bridgehead atoms. The van der Waals surface area contributed by atoms with E-state index in [2.05, 4.69) is 21.8 Å². The first-order valence-corrected chi connectivity index (χ1v) is 12.6. The van der Waals surface area contributed by atoms with E-state index in [1.807, 2.05) is 12.4 Å². The van der Waals surface area contributed by atoms with Gasteiger partial charge in [-0.2, -0.15) is 0 Å². The van der Waals surface area contributed by atoms with Crippen molar-refractivity contribution in [1.82, 2.24) is 14.5 Å². The number of halogens is 1. The molecule has 0 spiro atoms. The molecule has 0 N–H and O–H groups in total. The Morgan fingerprint density at radius 1 is 1.12 bits per heavy atom. The van der Waals surface area contributed by atoms with E-state index < -0.39 is 26.1 Å². The van der Waals surface area contributed by atoms with Crippen LogP contribution in [0, 0.1) is 5.82 Å². The van der Waals surface area contributed by atoms with Crippen LogP contribution in [0.25, 0.3) is 5.69 Å². The Hall–Kier alpha value is -3.27. The second-order valence-electron chi connectivity index (χ2n) is 8.01. The van der Waals surface area contributed by atoms with E-state index in [9.17, 15) is 17.6 Å². The number of pyridine rings is 1. The normalized spacial score (nSPS) is 14.9. The van der Waals surface area contributed by atoms with Crippen molar-refractivity contribution in [2.24, 2.45) is 0 Å². The number of piperidine rings is 1. The first kappa shape index (κ1) is 22.9. The van der Waals surface area contributed by atoms with Crippen molar-refractivity contribution in [2.75, 3.05) is 24.2 Å². The molecule has 1 aliphatic heterocycles. The number of hydrogen-bond donors (Lipinski definition) is 0. The van der Waals surface area contributed by atoms with Crippen LogP contribution in [0.3, 0.4) is 0 Å². The van der Waals surface area contributed by atoms with Gasteiger partial charge in [-0.1, -0.05) is 6.92 Å². The minimum Gasteiger partial charge on any atom is -0.490 e. The molecule has 1 fully saturated rings. The molecule has 2 aromatic heterocycles. The number of nitrogens with zero attached hydrogens (tertiary/aromatic N) is 4. The summed E-state index contributed by atoms with van der Waals surface area (Å²) in [7, 11) is -3.68. The Balaban J connectivity index is 1.41. The summed E-state index contributed by atoms with van der Waals surface area (Å²) in [6.45, 7) is 3.56. The lowest BCUT2D eigenvalue weighted by atomic mass is 10.1. The second kappa shape index (κ2) is 9.30. The fourth-order valence-corrected chi connectivity index (χ4v) is 4.48. The number of aromatic nitrogens is 3. The quantitative estimate of drug-likeness (QED) is 0.544. The highest BCUT2D eigenvalue weighted by atomic mass is 32.2. The third-order valence-corrected chi connectivity index (χ3v) is 6.74. The number of rotatable bonds is 6. The predicted molar refractivity (Wildman–Crippen MR) is 122 cm³/mol. The fourth-order valence-electron chi connectivity index (χ4n) is 3.75. The molecule has 174 valence electrons. The number of sulfone groups is 1. The molecule has 1 aliphatic rings. The van der Waals surface area contributed by atoms with Crippen molar-refractivity contribution in [3.05, 3.63) is 70.7 Å². The molecule has 33 heavy (non-hydrogen) atoms. The van der Waals surface area contributed by atoms with Crippen molar-refractivity contribution in [3.8, 4) is 11.4 Å². The van der Waals surface area contributed by atoms with Crippen molar-refractivity contribution in [3.63, 3.8) is 0 Å². The summed E-state index contributed by atoms with van der Waals surface area (Å²) in [5.74, 6) is 0.246. The molecule has 0 unspecified atom stereocenters. The number of anilines is 1. The van der Waals surface area contributed by atoms with E-state index in [0.717, 1.165) is 56.3 Å². The van der Waals surface area contributed by atoms with Gasteiger partial charge in [0.2, 0.25) is 5.95 Å². The minimum absolute atomic E-state index is 0.0436. The van der Waals surface area contributed by atoms with Crippen LogP contribution in [0.5, 0.6) is 5.75 Å². The smallest absolute Gasteiger partial charge is 0.258 e. The average Bonchev–Trinajstić information content (AvgIpc) is 2.79. The zero-order valence-corrected chi connectivity index (χ0v) is 19.3. The lowest BCUT2D eigenvalue weighted by Gasteiger charge is -2.32. The van der Waals surface area contributed by atoms with Crippen LogP contribution in [0.15, 0.2) is 58.6 Å². The summed E-state index contributed by atoms with van der Waals surface area (Å²) >= 11 is 0. The summed E-state index contributed by atoms with van der Waals surface area (Å²) in [4.78, 5) is 23.1. The highest BCUT2D eigenvalue weighted by molar-refractivity contribution is 7.90. The van der Waals surface area contributed by atoms with Crippen molar-refractivity contribution < 1.29 is 17.5 Å². The lowest BCUT2D eigenvalue weighted by molar-refractivity contribution is 0.170. The molecule has 0 amide bonds. The Bertz CT molecular complexity index is 1300. The highest BCUT2D eigenvalue weighted by Crippen LogP contribution is 2.22. The minimum atomic E-state index is -3.68. The largest absolute Gasteiger partial charge is 0.490 e. The van der Waals surface area contributed by atoms with Gasteiger partial charge in [0.25, 0.3) is 5.56 Å². The summed E-state index contributed by atoms with van der Waals surface area (Å²) in [5, 5.41) is 0. The maximum atomic E-state index is 14.2. The summed E-state index contributed by atoms with van der Waals surface area (Å²) in [6, 6.07) is 6.57. The average molecular weight is 473 g/mol. The number of hydrogen-bond acceptors (Lipinski definition) is 7. The molecule has 0 aliphatic carbocycles. The van der Waals surface area contributed by atoms with Crippen LogP contribution >= 0.6 is 0 Å². The molecule has 3 aromatic rings. The predicted octanol–water partition coefficient (Wildman–Crippen LogP) is 2.78. The summed E-state index contributed by atoms with van der Waals surface area (Å²) < 4.78 is 44.6. The van der Waals surface area contributed by atoms with Gasteiger partial charge in [0, 0.05) is 56.8 Å². The maximum absolute atomic E-state index is 14.2. The topological polar surface area (TPSA) is 94.4 Å². The first-order valence-electron chi connectivity index (χ1n) is 10.7. The van der Waals surface area contributed by atoms with E-state index in [0.29, 0.717) is 11.7 Å². The van der Waals surface area contributed by atoms with Crippen LogP contribution in [-0.2, 0) is 16.3 Å². The van der Waals surface area contributed by atoms with Gasteiger partial charge in [-0.25, -0.2) is 22.8 Å². The van der Waals surface area contributed by atoms with E-state index in [4.69, 9.17) is 4.74 Å². The third kappa shape index (κ3) is 5.22. The lowest BCUT2D eigenvalue weighted by Crippen LogP contribution is -2.39. The number of aryl methyl sites for hydroxylation is 1. The molecule has 0 atom stereocenters. The zero-order chi connectivity index (χ0) is 23.6. The van der Waals surface area contributed by atoms with Gasteiger partial charge in [-0.15, -0.1) is 0 Å². The molecule has 1 saturated heterocycles. The van der Waals surface area contributed by atoms with E-state index in [1.165, 1.54) is 22.9 Å². The van der Waals surface area contributed by atoms with Crippen LogP contribution in [0.2, 0.25) is 0 Å². The SMILES string of the molecule is CCc1cnc(N2CCC(Oc3ccn(-c4ccc(S(C)(=O)=O)c(F)c4)c(=O)c3)CC2)nc1. The molecular weight excluding hydrogens is 447 g/mol. The third-order valence-electron chi connectivity index (χ3n) is 5.61. The fraction of sp³-hybridized carbons (Fsp3) is 0.348. The molecule has 4 rings (SSSR count). The van der Waals surface area contributed by atoms with Gasteiger partial charge in [0.15, 0.2) is 9.84 Å². The van der Waals surface area contributed by atoms with Crippen LogP contribution < -0.4 is 15.2 Å². The Kier molecular flexibility index (Phi) is 6.46. The monoisotopic (exact) mass is 472 g/mol.